The minimum atomic E-state index is -2.57. The minimum Gasteiger partial charge on any atom is -0.396 e. The summed E-state index contributed by atoms with van der Waals surface area (Å²) in [5.74, 6) is -2.72. The molecule has 3 nitrogen and oxygen atoms in total. The van der Waals surface area contributed by atoms with Gasteiger partial charge in [0.1, 0.15) is 0 Å². The van der Waals surface area contributed by atoms with Gasteiger partial charge in [-0.15, -0.1) is 0 Å². The number of nitrogens with zero attached hydrogens (tertiary/aromatic N) is 1. The molecule has 1 aliphatic heterocycles. The summed E-state index contributed by atoms with van der Waals surface area (Å²) in [5.41, 5.74) is 0. The summed E-state index contributed by atoms with van der Waals surface area (Å²) in [7, 11) is 0. The topological polar surface area (TPSA) is 40.5 Å². The summed E-state index contributed by atoms with van der Waals surface area (Å²) in [6.07, 6.45) is 3.82. The van der Waals surface area contributed by atoms with Gasteiger partial charge in [-0.25, -0.2) is 8.78 Å². The predicted octanol–water partition coefficient (Wildman–Crippen LogP) is 2.58. The van der Waals surface area contributed by atoms with E-state index in [0.717, 1.165) is 25.8 Å². The Labute approximate surface area is 113 Å². The van der Waals surface area contributed by atoms with Gasteiger partial charge in [0.25, 0.3) is 0 Å². The molecule has 0 aromatic carbocycles. The molecule has 1 saturated heterocycles. The lowest BCUT2D eigenvalue weighted by Gasteiger charge is -2.33. The smallest absolute Gasteiger partial charge is 0.248 e. The Kier molecular flexibility index (Phi) is 4.76. The number of alkyl halides is 2. The first-order valence-corrected chi connectivity index (χ1v) is 7.33. The third kappa shape index (κ3) is 3.65. The summed E-state index contributed by atoms with van der Waals surface area (Å²) in [6, 6.07) is 0.210. The number of rotatable bonds is 4. The van der Waals surface area contributed by atoms with E-state index in [1.807, 2.05) is 4.90 Å². The summed E-state index contributed by atoms with van der Waals surface area (Å²) in [6.45, 7) is 0.899. The highest BCUT2D eigenvalue weighted by Crippen LogP contribution is 2.37. The molecular weight excluding hydrogens is 252 g/mol. The zero-order chi connectivity index (χ0) is 13.9. The van der Waals surface area contributed by atoms with E-state index in [9.17, 15) is 13.6 Å². The van der Waals surface area contributed by atoms with Crippen LogP contribution in [0.3, 0.4) is 0 Å². The monoisotopic (exact) mass is 275 g/mol. The average Bonchev–Trinajstić information content (AvgIpc) is 2.83. The number of hydrogen-bond donors (Lipinski definition) is 1. The zero-order valence-electron chi connectivity index (χ0n) is 11.3. The highest BCUT2D eigenvalue weighted by Gasteiger charge is 2.40. The van der Waals surface area contributed by atoms with E-state index in [2.05, 4.69) is 0 Å². The lowest BCUT2D eigenvalue weighted by atomic mass is 9.85. The van der Waals surface area contributed by atoms with E-state index >= 15 is 0 Å². The summed E-state index contributed by atoms with van der Waals surface area (Å²) < 4.78 is 26.2. The Hall–Kier alpha value is -0.710. The van der Waals surface area contributed by atoms with Crippen molar-refractivity contribution in [3.63, 3.8) is 0 Å². The molecule has 19 heavy (non-hydrogen) atoms. The third-order valence-electron chi connectivity index (χ3n) is 4.42. The maximum atomic E-state index is 13.1. The second-order valence-electron chi connectivity index (χ2n) is 5.82. The number of aliphatic hydroxyl groups excluding tert-OH is 1. The van der Waals surface area contributed by atoms with Crippen molar-refractivity contribution in [2.75, 3.05) is 13.2 Å². The van der Waals surface area contributed by atoms with Crippen molar-refractivity contribution >= 4 is 5.91 Å². The van der Waals surface area contributed by atoms with Gasteiger partial charge in [-0.2, -0.15) is 0 Å². The second kappa shape index (κ2) is 6.16. The maximum absolute atomic E-state index is 13.1. The Morgan fingerprint density at radius 2 is 1.95 bits per heavy atom. The number of likely N-dealkylation sites (tertiary alicyclic amines) is 1. The largest absolute Gasteiger partial charge is 0.396 e. The van der Waals surface area contributed by atoms with Crippen molar-refractivity contribution in [1.29, 1.82) is 0 Å². The van der Waals surface area contributed by atoms with Gasteiger partial charge in [0.05, 0.1) is 0 Å². The first-order valence-electron chi connectivity index (χ1n) is 7.33. The van der Waals surface area contributed by atoms with Gasteiger partial charge >= 0.3 is 0 Å². The molecule has 0 radical (unpaired) electrons. The number of hydrogen-bond acceptors (Lipinski definition) is 2. The second-order valence-corrected chi connectivity index (χ2v) is 5.82. The predicted molar refractivity (Wildman–Crippen MR) is 68.0 cm³/mol. The molecule has 1 aliphatic carbocycles. The van der Waals surface area contributed by atoms with Crippen LogP contribution in [0.2, 0.25) is 0 Å². The molecule has 0 spiro atoms. The van der Waals surface area contributed by atoms with Gasteiger partial charge in [-0.1, -0.05) is 0 Å². The Morgan fingerprint density at radius 3 is 2.58 bits per heavy atom. The molecule has 2 rings (SSSR count). The Balaban J connectivity index is 1.88. The van der Waals surface area contributed by atoms with Crippen LogP contribution in [0, 0.1) is 5.92 Å². The van der Waals surface area contributed by atoms with Crippen molar-refractivity contribution in [3.8, 4) is 0 Å². The quantitative estimate of drug-likeness (QED) is 0.856. The van der Waals surface area contributed by atoms with Crippen LogP contribution in [-0.2, 0) is 4.79 Å². The number of amides is 1. The molecule has 1 saturated carbocycles. The molecule has 110 valence electrons. The minimum absolute atomic E-state index is 0.0657. The van der Waals surface area contributed by atoms with Crippen LogP contribution in [-0.4, -0.2) is 41.0 Å². The lowest BCUT2D eigenvalue weighted by molar-refractivity contribution is -0.140. The van der Waals surface area contributed by atoms with E-state index in [4.69, 9.17) is 5.11 Å². The SMILES string of the molecule is O=C(C1CCC(F)(F)CC1)N1CCCC1CCCO. The van der Waals surface area contributed by atoms with Crippen LogP contribution < -0.4 is 0 Å². The van der Waals surface area contributed by atoms with Gasteiger partial charge in [0.15, 0.2) is 0 Å². The van der Waals surface area contributed by atoms with Crippen LogP contribution in [0.4, 0.5) is 8.78 Å². The first kappa shape index (κ1) is 14.7. The molecule has 1 atom stereocenters. The molecule has 2 fully saturated rings. The van der Waals surface area contributed by atoms with Gasteiger partial charge in [-0.3, -0.25) is 4.79 Å². The van der Waals surface area contributed by atoms with Gasteiger partial charge in [0.2, 0.25) is 11.8 Å². The average molecular weight is 275 g/mol. The summed E-state index contributed by atoms with van der Waals surface area (Å²) >= 11 is 0. The third-order valence-corrected chi connectivity index (χ3v) is 4.42. The highest BCUT2D eigenvalue weighted by atomic mass is 19.3. The lowest BCUT2D eigenvalue weighted by Crippen LogP contribution is -2.42. The van der Waals surface area contributed by atoms with E-state index in [0.29, 0.717) is 19.3 Å². The molecular formula is C14H23F2NO2. The molecule has 0 aromatic rings. The van der Waals surface area contributed by atoms with Crippen LogP contribution in [0.25, 0.3) is 0 Å². The van der Waals surface area contributed by atoms with Crippen molar-refractivity contribution in [2.24, 2.45) is 5.92 Å². The van der Waals surface area contributed by atoms with Gasteiger partial charge in [-0.05, 0) is 38.5 Å². The fourth-order valence-electron chi connectivity index (χ4n) is 3.27. The molecule has 0 bridgehead atoms. The van der Waals surface area contributed by atoms with Gasteiger partial charge in [0, 0.05) is 38.0 Å². The number of carbonyl (C=O) groups is 1. The number of carbonyl (C=O) groups excluding carboxylic acids is 1. The van der Waals surface area contributed by atoms with Crippen molar-refractivity contribution in [3.05, 3.63) is 0 Å². The molecule has 5 heteroatoms. The van der Waals surface area contributed by atoms with Crippen LogP contribution in [0.5, 0.6) is 0 Å². The van der Waals surface area contributed by atoms with Gasteiger partial charge < -0.3 is 10.0 Å². The van der Waals surface area contributed by atoms with Crippen molar-refractivity contribution in [1.82, 2.24) is 4.90 Å². The zero-order valence-corrected chi connectivity index (χ0v) is 11.3. The first-order chi connectivity index (χ1) is 9.03. The van der Waals surface area contributed by atoms with Crippen LogP contribution in [0.15, 0.2) is 0 Å². The maximum Gasteiger partial charge on any atom is 0.248 e. The normalized spacial score (nSPS) is 27.7. The van der Waals surface area contributed by atoms with Crippen LogP contribution >= 0.6 is 0 Å². The van der Waals surface area contributed by atoms with Crippen LogP contribution in [0.1, 0.15) is 51.4 Å². The molecule has 1 N–H and O–H groups in total. The molecule has 1 heterocycles. The summed E-state index contributed by atoms with van der Waals surface area (Å²) in [5, 5.41) is 8.87. The highest BCUT2D eigenvalue weighted by molar-refractivity contribution is 5.79. The van der Waals surface area contributed by atoms with Crippen molar-refractivity contribution < 1.29 is 18.7 Å². The van der Waals surface area contributed by atoms with E-state index in [1.165, 1.54) is 0 Å². The molecule has 1 amide bonds. The van der Waals surface area contributed by atoms with E-state index in [1.54, 1.807) is 0 Å². The molecule has 2 aliphatic rings. The molecule has 1 unspecified atom stereocenters. The van der Waals surface area contributed by atoms with E-state index in [-0.39, 0.29) is 37.3 Å². The Morgan fingerprint density at radius 1 is 1.26 bits per heavy atom. The standard InChI is InChI=1S/C14H23F2NO2/c15-14(16)7-5-11(6-8-14)13(19)17-9-1-3-12(17)4-2-10-18/h11-12,18H,1-10H2. The fraction of sp³-hybridized carbons (Fsp3) is 0.929. The van der Waals surface area contributed by atoms with Crippen molar-refractivity contribution in [2.45, 2.75) is 63.3 Å². The molecule has 0 aromatic heterocycles. The Bertz CT molecular complexity index is 313. The summed E-state index contributed by atoms with van der Waals surface area (Å²) in [4.78, 5) is 14.3. The number of aliphatic hydroxyl groups is 1. The van der Waals surface area contributed by atoms with E-state index < -0.39 is 5.92 Å². The number of halogens is 2. The fourth-order valence-corrected chi connectivity index (χ4v) is 3.27.